The van der Waals surface area contributed by atoms with Crippen LogP contribution in [0.15, 0.2) is 54.2 Å². The van der Waals surface area contributed by atoms with Crippen molar-refractivity contribution in [3.63, 3.8) is 0 Å². The maximum Gasteiger partial charge on any atom is 0.233 e. The van der Waals surface area contributed by atoms with E-state index in [2.05, 4.69) is 37.7 Å². The zero-order valence-electron chi connectivity index (χ0n) is 17.3. The maximum absolute atomic E-state index is 12.7. The fourth-order valence-electron chi connectivity index (χ4n) is 4.95. The molecule has 9 nitrogen and oxygen atoms in total. The number of aliphatic imine (C=N–C) groups is 1. The number of imide groups is 1. The van der Waals surface area contributed by atoms with Gasteiger partial charge in [-0.1, -0.05) is 18.2 Å². The minimum atomic E-state index is -0.141. The molecule has 160 valence electrons. The van der Waals surface area contributed by atoms with Gasteiger partial charge in [-0.15, -0.1) is 0 Å². The Balaban J connectivity index is 1.11. The summed E-state index contributed by atoms with van der Waals surface area (Å²) in [5.74, 6) is 1.59. The van der Waals surface area contributed by atoms with Crippen molar-refractivity contribution in [3.8, 4) is 5.82 Å². The molecule has 2 bridgehead atoms. The molecule has 1 aliphatic heterocycles. The highest BCUT2D eigenvalue weighted by molar-refractivity contribution is 6.06. The third kappa shape index (κ3) is 3.49. The Kier molecular flexibility index (Phi) is 5.01. The van der Waals surface area contributed by atoms with E-state index in [1.54, 1.807) is 25.8 Å². The summed E-state index contributed by atoms with van der Waals surface area (Å²) >= 11 is 0. The molecular weight excluding hydrogens is 394 g/mol. The van der Waals surface area contributed by atoms with Crippen LogP contribution >= 0.6 is 0 Å². The van der Waals surface area contributed by atoms with E-state index in [-0.39, 0.29) is 35.5 Å². The van der Waals surface area contributed by atoms with E-state index in [4.69, 9.17) is 0 Å². The number of carbonyl (C=O) groups is 2. The minimum Gasteiger partial charge on any atom is -0.355 e. The Bertz CT molecular complexity index is 999. The maximum atomic E-state index is 12.7. The molecule has 1 saturated heterocycles. The number of hydrogen-bond acceptors (Lipinski definition) is 5. The quantitative estimate of drug-likeness (QED) is 0.310. The van der Waals surface area contributed by atoms with Crippen LogP contribution in [-0.4, -0.2) is 57.3 Å². The lowest BCUT2D eigenvalue weighted by molar-refractivity contribution is -0.140. The summed E-state index contributed by atoms with van der Waals surface area (Å²) in [6.45, 7) is 1.36. The smallest absolute Gasteiger partial charge is 0.233 e. The van der Waals surface area contributed by atoms with Gasteiger partial charge in [0, 0.05) is 45.3 Å². The first kappa shape index (κ1) is 19.5. The number of carbonyl (C=O) groups excluding carboxylic acids is 2. The van der Waals surface area contributed by atoms with Gasteiger partial charge in [0.1, 0.15) is 12.1 Å². The van der Waals surface area contributed by atoms with Gasteiger partial charge in [0.2, 0.25) is 11.8 Å². The number of pyridine rings is 1. The predicted octanol–water partition coefficient (Wildman–Crippen LogP) is 0.739. The van der Waals surface area contributed by atoms with E-state index in [1.807, 2.05) is 22.9 Å². The van der Waals surface area contributed by atoms with Crippen molar-refractivity contribution in [2.45, 2.75) is 13.0 Å². The average molecular weight is 419 g/mol. The largest absolute Gasteiger partial charge is 0.355 e. The lowest BCUT2D eigenvalue weighted by atomic mass is 9.85. The lowest BCUT2D eigenvalue weighted by Gasteiger charge is -2.18. The lowest BCUT2D eigenvalue weighted by Crippen LogP contribution is -2.43. The van der Waals surface area contributed by atoms with Crippen molar-refractivity contribution in [2.24, 2.45) is 28.7 Å². The van der Waals surface area contributed by atoms with E-state index in [0.29, 0.717) is 25.6 Å². The standard InChI is InChI=1S/C22H25N7O2/c1-23-22(27-12-14-2-5-17(26-11-14)28-8-6-24-13-28)25-7-9-29-20(30)18-15-3-4-16(10-15)19(18)21(29)31/h2-6,8,11,13,15-16,18-19H,7,9-10,12H2,1H3,(H2,23,25,27). The van der Waals surface area contributed by atoms with Crippen LogP contribution in [0.4, 0.5) is 0 Å². The van der Waals surface area contributed by atoms with Crippen molar-refractivity contribution in [1.82, 2.24) is 30.1 Å². The van der Waals surface area contributed by atoms with Crippen LogP contribution in [0.2, 0.25) is 0 Å². The van der Waals surface area contributed by atoms with Crippen molar-refractivity contribution in [2.75, 3.05) is 20.1 Å². The zero-order valence-corrected chi connectivity index (χ0v) is 17.3. The van der Waals surface area contributed by atoms with Gasteiger partial charge in [0.25, 0.3) is 0 Å². The SMILES string of the molecule is CN=C(NCCN1C(=O)C2C3C=CC(C3)C2C1=O)NCc1ccc(-n2ccnc2)nc1. The van der Waals surface area contributed by atoms with Gasteiger partial charge in [0.15, 0.2) is 5.96 Å². The number of amides is 2. The first-order chi connectivity index (χ1) is 15.2. The molecule has 3 aliphatic rings. The summed E-state index contributed by atoms with van der Waals surface area (Å²) in [6.07, 6.45) is 12.2. The van der Waals surface area contributed by atoms with Gasteiger partial charge in [-0.25, -0.2) is 9.97 Å². The second kappa shape index (κ2) is 7.98. The third-order valence-corrected chi connectivity index (χ3v) is 6.45. The number of likely N-dealkylation sites (tertiary alicyclic amines) is 1. The Labute approximate surface area is 180 Å². The molecular formula is C22H25N7O2. The third-order valence-electron chi connectivity index (χ3n) is 6.45. The van der Waals surface area contributed by atoms with Crippen molar-refractivity contribution in [1.29, 1.82) is 0 Å². The molecule has 5 rings (SSSR count). The number of imidazole rings is 1. The van der Waals surface area contributed by atoms with E-state index in [1.165, 1.54) is 4.90 Å². The number of rotatable bonds is 6. The van der Waals surface area contributed by atoms with Crippen LogP contribution < -0.4 is 10.6 Å². The van der Waals surface area contributed by atoms with Crippen LogP contribution in [0, 0.1) is 23.7 Å². The second-order valence-electron chi connectivity index (χ2n) is 8.18. The number of hydrogen-bond donors (Lipinski definition) is 2. The van der Waals surface area contributed by atoms with Gasteiger partial charge in [-0.05, 0) is 29.9 Å². The molecule has 1 saturated carbocycles. The molecule has 9 heteroatoms. The minimum absolute atomic E-state index is 0.0133. The molecule has 3 heterocycles. The molecule has 2 aliphatic carbocycles. The van der Waals surface area contributed by atoms with Gasteiger partial charge in [-0.3, -0.25) is 24.0 Å². The molecule has 2 fully saturated rings. The van der Waals surface area contributed by atoms with Crippen molar-refractivity contribution >= 4 is 17.8 Å². The Morgan fingerprint density at radius 1 is 1.16 bits per heavy atom. The summed E-state index contributed by atoms with van der Waals surface area (Å²) in [7, 11) is 1.69. The van der Waals surface area contributed by atoms with Crippen LogP contribution in [-0.2, 0) is 16.1 Å². The van der Waals surface area contributed by atoms with E-state index >= 15 is 0 Å². The van der Waals surface area contributed by atoms with Crippen molar-refractivity contribution < 1.29 is 9.59 Å². The number of guanidine groups is 1. The molecule has 4 unspecified atom stereocenters. The van der Waals surface area contributed by atoms with Gasteiger partial charge in [-0.2, -0.15) is 0 Å². The second-order valence-corrected chi connectivity index (χ2v) is 8.18. The number of fused-ring (bicyclic) bond motifs is 5. The summed E-state index contributed by atoms with van der Waals surface area (Å²) in [6, 6.07) is 3.92. The predicted molar refractivity (Wildman–Crippen MR) is 114 cm³/mol. The first-order valence-corrected chi connectivity index (χ1v) is 10.6. The Morgan fingerprint density at radius 2 is 1.94 bits per heavy atom. The fraction of sp³-hybridized carbons (Fsp3) is 0.409. The molecule has 4 atom stereocenters. The fourth-order valence-corrected chi connectivity index (χ4v) is 4.95. The van der Waals surface area contributed by atoms with Crippen LogP contribution in [0.25, 0.3) is 5.82 Å². The molecule has 2 aromatic rings. The highest BCUT2D eigenvalue weighted by Gasteiger charge is 2.58. The van der Waals surface area contributed by atoms with Gasteiger partial charge < -0.3 is 10.6 Å². The molecule has 0 radical (unpaired) electrons. The number of nitrogens with zero attached hydrogens (tertiary/aromatic N) is 5. The highest BCUT2D eigenvalue weighted by atomic mass is 16.2. The molecule has 2 aromatic heterocycles. The number of aromatic nitrogens is 3. The van der Waals surface area contributed by atoms with Crippen LogP contribution in [0.1, 0.15) is 12.0 Å². The molecule has 31 heavy (non-hydrogen) atoms. The summed E-state index contributed by atoms with van der Waals surface area (Å²) < 4.78 is 1.84. The van der Waals surface area contributed by atoms with Gasteiger partial charge in [0.05, 0.1) is 11.8 Å². The highest BCUT2D eigenvalue weighted by Crippen LogP contribution is 2.52. The van der Waals surface area contributed by atoms with Crippen LogP contribution in [0.5, 0.6) is 0 Å². The number of nitrogens with one attached hydrogen (secondary N) is 2. The number of allylic oxidation sites excluding steroid dienone is 2. The zero-order chi connectivity index (χ0) is 21.4. The van der Waals surface area contributed by atoms with Gasteiger partial charge >= 0.3 is 0 Å². The Hall–Kier alpha value is -3.49. The summed E-state index contributed by atoms with van der Waals surface area (Å²) in [4.78, 5) is 39.6. The molecule has 0 aromatic carbocycles. The monoisotopic (exact) mass is 419 g/mol. The summed E-state index contributed by atoms with van der Waals surface area (Å²) in [5.41, 5.74) is 1.01. The van der Waals surface area contributed by atoms with Crippen molar-refractivity contribution in [3.05, 3.63) is 54.8 Å². The topological polar surface area (TPSA) is 105 Å². The molecule has 2 N–H and O–H groups in total. The van der Waals surface area contributed by atoms with Crippen LogP contribution in [0.3, 0.4) is 0 Å². The first-order valence-electron chi connectivity index (χ1n) is 10.6. The summed E-state index contributed by atoms with van der Waals surface area (Å²) in [5, 5.41) is 6.42. The van der Waals surface area contributed by atoms with E-state index < -0.39 is 0 Å². The molecule has 2 amide bonds. The van der Waals surface area contributed by atoms with E-state index in [9.17, 15) is 9.59 Å². The normalized spacial score (nSPS) is 26.6. The molecule has 0 spiro atoms. The average Bonchev–Trinajstić information content (AvgIpc) is 3.58. The Morgan fingerprint density at radius 3 is 2.55 bits per heavy atom. The van der Waals surface area contributed by atoms with E-state index in [0.717, 1.165) is 17.8 Å².